The Bertz CT molecular complexity index is 860. The van der Waals surface area contributed by atoms with Crippen LogP contribution in [0.5, 0.6) is 5.75 Å². The number of hydrogen-bond donors (Lipinski definition) is 5. The van der Waals surface area contributed by atoms with Gasteiger partial charge in [0.25, 0.3) is 0 Å². The lowest BCUT2D eigenvalue weighted by atomic mass is 9.87. The molecular formula is C33H54O6. The molecule has 1 rings (SSSR count). The number of rotatable bonds is 22. The first-order chi connectivity index (χ1) is 18.6. The summed E-state index contributed by atoms with van der Waals surface area (Å²) < 4.78 is 0. The van der Waals surface area contributed by atoms with Crippen molar-refractivity contribution in [3.05, 3.63) is 53.1 Å². The maximum absolute atomic E-state index is 11.1. The van der Waals surface area contributed by atoms with Gasteiger partial charge in [0.2, 0.25) is 0 Å². The minimum Gasteiger partial charge on any atom is -0.508 e. The Morgan fingerprint density at radius 1 is 0.949 bits per heavy atom. The largest absolute Gasteiger partial charge is 0.508 e. The molecule has 6 nitrogen and oxygen atoms in total. The molecule has 5 N–H and O–H groups in total. The average molecular weight is 547 g/mol. The summed E-state index contributed by atoms with van der Waals surface area (Å²) in [5, 5.41) is 49.6. The van der Waals surface area contributed by atoms with Gasteiger partial charge in [0.1, 0.15) is 5.75 Å². The summed E-state index contributed by atoms with van der Waals surface area (Å²) in [6, 6.07) is 7.12. The number of allylic oxidation sites excluding steroid dienone is 2. The van der Waals surface area contributed by atoms with Gasteiger partial charge >= 0.3 is 5.97 Å². The van der Waals surface area contributed by atoms with Crippen LogP contribution in [0.3, 0.4) is 0 Å². The van der Waals surface area contributed by atoms with E-state index >= 15 is 0 Å². The van der Waals surface area contributed by atoms with Gasteiger partial charge < -0.3 is 25.5 Å². The molecule has 1 aromatic rings. The zero-order valence-electron chi connectivity index (χ0n) is 24.5. The lowest BCUT2D eigenvalue weighted by Gasteiger charge is -2.19. The van der Waals surface area contributed by atoms with Crippen LogP contribution in [0.4, 0.5) is 0 Å². The van der Waals surface area contributed by atoms with E-state index in [1.54, 1.807) is 12.1 Å². The van der Waals surface area contributed by atoms with Crippen molar-refractivity contribution >= 4 is 5.97 Å². The van der Waals surface area contributed by atoms with Gasteiger partial charge in [0.05, 0.1) is 18.8 Å². The maximum atomic E-state index is 11.1. The summed E-state index contributed by atoms with van der Waals surface area (Å²) in [6.45, 7) is 6.20. The van der Waals surface area contributed by atoms with E-state index in [1.807, 2.05) is 24.3 Å². The van der Waals surface area contributed by atoms with Gasteiger partial charge in [0.15, 0.2) is 0 Å². The number of phenolic OH excluding ortho intramolecular Hbond substituents is 1. The number of carboxylic acid groups (broad SMARTS) is 1. The number of aliphatic hydroxyl groups is 3. The van der Waals surface area contributed by atoms with Crippen molar-refractivity contribution in [3.8, 4) is 5.75 Å². The molecule has 0 amide bonds. The number of carboxylic acids is 1. The fraction of sp³-hybridized carbons (Fsp3) is 0.667. The smallest absolute Gasteiger partial charge is 0.303 e. The Kier molecular flexibility index (Phi) is 18.5. The highest BCUT2D eigenvalue weighted by molar-refractivity contribution is 5.66. The van der Waals surface area contributed by atoms with Gasteiger partial charge in [-0.1, -0.05) is 95.6 Å². The molecule has 0 aromatic heterocycles. The molecule has 0 fully saturated rings. The van der Waals surface area contributed by atoms with Crippen molar-refractivity contribution in [2.75, 3.05) is 6.61 Å². The van der Waals surface area contributed by atoms with E-state index in [0.717, 1.165) is 74.5 Å². The van der Waals surface area contributed by atoms with Crippen molar-refractivity contribution in [1.29, 1.82) is 0 Å². The summed E-state index contributed by atoms with van der Waals surface area (Å²) in [7, 11) is 0. The number of hydrogen-bond acceptors (Lipinski definition) is 5. The van der Waals surface area contributed by atoms with Gasteiger partial charge in [-0.2, -0.15) is 0 Å². The molecule has 0 saturated heterocycles. The zero-order chi connectivity index (χ0) is 29.0. The van der Waals surface area contributed by atoms with Gasteiger partial charge in [0, 0.05) is 6.42 Å². The van der Waals surface area contributed by atoms with Gasteiger partial charge in [-0.3, -0.25) is 4.79 Å². The molecule has 39 heavy (non-hydrogen) atoms. The van der Waals surface area contributed by atoms with Crippen LogP contribution in [-0.2, 0) is 11.2 Å². The minimum absolute atomic E-state index is 0.196. The summed E-state index contributed by atoms with van der Waals surface area (Å²) in [5.41, 5.74) is 2.97. The number of aromatic hydroxyl groups is 1. The van der Waals surface area contributed by atoms with Crippen LogP contribution < -0.4 is 0 Å². The van der Waals surface area contributed by atoms with Crippen molar-refractivity contribution in [2.45, 2.75) is 123 Å². The lowest BCUT2D eigenvalue weighted by molar-refractivity contribution is -0.137. The summed E-state index contributed by atoms with van der Waals surface area (Å²) in [4.78, 5) is 11.1. The molecule has 0 aliphatic rings. The first-order valence-electron chi connectivity index (χ1n) is 15.0. The van der Waals surface area contributed by atoms with Crippen molar-refractivity contribution in [3.63, 3.8) is 0 Å². The average Bonchev–Trinajstić information content (AvgIpc) is 2.89. The lowest BCUT2D eigenvalue weighted by Crippen LogP contribution is -2.14. The number of benzene rings is 1. The number of unbranched alkanes of at least 4 members (excludes halogenated alkanes) is 3. The van der Waals surface area contributed by atoms with E-state index in [-0.39, 0.29) is 18.8 Å². The molecule has 3 atom stereocenters. The van der Waals surface area contributed by atoms with E-state index in [2.05, 4.69) is 20.8 Å². The first kappa shape index (κ1) is 34.9. The number of aliphatic carboxylic acids is 1. The molecule has 6 heteroatoms. The second kappa shape index (κ2) is 20.7. The molecule has 1 aromatic carbocycles. The van der Waals surface area contributed by atoms with Gasteiger partial charge in [-0.25, -0.2) is 0 Å². The van der Waals surface area contributed by atoms with Crippen molar-refractivity contribution < 1.29 is 30.3 Å². The van der Waals surface area contributed by atoms with Crippen LogP contribution in [0.2, 0.25) is 0 Å². The third kappa shape index (κ3) is 17.2. The molecule has 0 aliphatic carbocycles. The molecular weight excluding hydrogens is 492 g/mol. The number of phenols is 1. The third-order valence-electron chi connectivity index (χ3n) is 7.33. The van der Waals surface area contributed by atoms with Crippen LogP contribution in [0.1, 0.15) is 110 Å². The van der Waals surface area contributed by atoms with Crippen LogP contribution in [0.25, 0.3) is 0 Å². The predicted octanol–water partition coefficient (Wildman–Crippen LogP) is 6.95. The molecule has 0 aliphatic heterocycles. The van der Waals surface area contributed by atoms with Gasteiger partial charge in [-0.05, 0) is 73.6 Å². The molecule has 222 valence electrons. The van der Waals surface area contributed by atoms with Crippen molar-refractivity contribution in [2.24, 2.45) is 11.8 Å². The summed E-state index contributed by atoms with van der Waals surface area (Å²) in [5.74, 6) is 0.439. The number of carbonyl (C=O) groups is 1. The predicted molar refractivity (Wildman–Crippen MR) is 159 cm³/mol. The molecule has 0 bridgehead atoms. The summed E-state index contributed by atoms with van der Waals surface area (Å²) >= 11 is 0. The van der Waals surface area contributed by atoms with Gasteiger partial charge in [-0.15, -0.1) is 0 Å². The van der Waals surface area contributed by atoms with E-state index in [9.17, 15) is 25.2 Å². The normalized spacial score (nSPS) is 14.9. The highest BCUT2D eigenvalue weighted by atomic mass is 16.4. The van der Waals surface area contributed by atoms with Crippen LogP contribution in [0, 0.1) is 11.8 Å². The Balaban J connectivity index is 3.07. The van der Waals surface area contributed by atoms with Crippen LogP contribution >= 0.6 is 0 Å². The highest BCUT2D eigenvalue weighted by Crippen LogP contribution is 2.28. The summed E-state index contributed by atoms with van der Waals surface area (Å²) in [6.07, 6.45) is 13.7. The monoisotopic (exact) mass is 546 g/mol. The van der Waals surface area contributed by atoms with Crippen LogP contribution in [-0.4, -0.2) is 50.3 Å². The van der Waals surface area contributed by atoms with E-state index in [0.29, 0.717) is 37.5 Å². The molecule has 0 radical (unpaired) electrons. The molecule has 0 heterocycles. The topological polar surface area (TPSA) is 118 Å². The Morgan fingerprint density at radius 3 is 2.33 bits per heavy atom. The maximum Gasteiger partial charge on any atom is 0.303 e. The quantitative estimate of drug-likeness (QED) is 0.0793. The molecule has 0 spiro atoms. The third-order valence-corrected chi connectivity index (χ3v) is 7.33. The zero-order valence-corrected chi connectivity index (χ0v) is 24.5. The number of aliphatic hydroxyl groups excluding tert-OH is 3. The standard InChI is InChI=1S/C33H54O6/c1-4-5-6-13-30(35)19-18-29(21-27-11-9-14-31(36)22-27)28(23-32(37)24-34)12-8-7-10-26(16-15-25(2)3)17-20-33(38)39/h9,11,14,18-19,22,25-26,30,32,34-37H,4-8,10,12-13,15-17,20-21,23-24H2,1-3H3,(H,38,39)/t26-,30+,32+/m1/s1. The van der Waals surface area contributed by atoms with E-state index in [1.165, 1.54) is 0 Å². The second-order valence-corrected chi connectivity index (χ2v) is 11.5. The Labute approximate surface area is 236 Å². The van der Waals surface area contributed by atoms with Crippen molar-refractivity contribution in [1.82, 2.24) is 0 Å². The molecule has 0 unspecified atom stereocenters. The van der Waals surface area contributed by atoms with Crippen LogP contribution in [0.15, 0.2) is 47.6 Å². The highest BCUT2D eigenvalue weighted by Gasteiger charge is 2.15. The SMILES string of the molecule is CCCCC[C@H](O)C=CC(Cc1cccc(O)c1)=C(CCCC[C@@H](CCC(=O)O)CCC(C)C)C[C@H](O)CO. The minimum atomic E-state index is -0.864. The Morgan fingerprint density at radius 2 is 1.69 bits per heavy atom. The molecule has 0 saturated carbocycles. The second-order valence-electron chi connectivity index (χ2n) is 11.5. The fourth-order valence-corrected chi connectivity index (χ4v) is 4.96. The Hall–Kier alpha value is -2.15. The van der Waals surface area contributed by atoms with E-state index in [4.69, 9.17) is 5.11 Å². The first-order valence-corrected chi connectivity index (χ1v) is 15.0. The fourth-order valence-electron chi connectivity index (χ4n) is 4.96. The van der Waals surface area contributed by atoms with E-state index < -0.39 is 18.2 Å².